The average molecular weight is 332 g/mol. The standard InChI is InChI=1S/C10H9ClF3NO4S/c11-7-1-3-8(4-2-7)20(17,18)5-9(16)15-19-6-10(12,13)14/h1-4H,5-6H2,(H,15,16). The highest BCUT2D eigenvalue weighted by Gasteiger charge is 2.28. The molecule has 0 bridgehead atoms. The van der Waals surface area contributed by atoms with Crippen LogP contribution in [0.3, 0.4) is 0 Å². The summed E-state index contributed by atoms with van der Waals surface area (Å²) >= 11 is 5.58. The lowest BCUT2D eigenvalue weighted by Crippen LogP contribution is -2.33. The van der Waals surface area contributed by atoms with Crippen LogP contribution in [-0.4, -0.2) is 32.9 Å². The minimum atomic E-state index is -4.62. The zero-order valence-corrected chi connectivity index (χ0v) is 11.3. The third-order valence-electron chi connectivity index (χ3n) is 1.92. The molecule has 5 nitrogen and oxygen atoms in total. The Bertz CT molecular complexity index is 571. The van der Waals surface area contributed by atoms with Gasteiger partial charge in [0.15, 0.2) is 16.4 Å². The van der Waals surface area contributed by atoms with Gasteiger partial charge in [-0.1, -0.05) is 11.6 Å². The fourth-order valence-corrected chi connectivity index (χ4v) is 2.37. The van der Waals surface area contributed by atoms with Gasteiger partial charge in [0.2, 0.25) is 0 Å². The van der Waals surface area contributed by atoms with E-state index >= 15 is 0 Å². The molecule has 0 heterocycles. The first-order valence-corrected chi connectivity index (χ1v) is 7.09. The van der Waals surface area contributed by atoms with Crippen LogP contribution in [0.5, 0.6) is 0 Å². The van der Waals surface area contributed by atoms with Gasteiger partial charge in [-0.25, -0.2) is 13.9 Å². The van der Waals surface area contributed by atoms with Crippen LogP contribution in [0.4, 0.5) is 13.2 Å². The summed E-state index contributed by atoms with van der Waals surface area (Å²) in [5, 5.41) is 0.307. The van der Waals surface area contributed by atoms with E-state index in [1.165, 1.54) is 29.7 Å². The van der Waals surface area contributed by atoms with Crippen molar-refractivity contribution in [3.63, 3.8) is 0 Å². The molecule has 112 valence electrons. The van der Waals surface area contributed by atoms with Crippen LogP contribution in [0.25, 0.3) is 0 Å². The van der Waals surface area contributed by atoms with Crippen molar-refractivity contribution in [2.24, 2.45) is 0 Å². The monoisotopic (exact) mass is 331 g/mol. The molecular weight excluding hydrogens is 323 g/mol. The largest absolute Gasteiger partial charge is 0.414 e. The first kappa shape index (κ1) is 16.7. The van der Waals surface area contributed by atoms with Gasteiger partial charge in [0.05, 0.1) is 4.90 Å². The van der Waals surface area contributed by atoms with Gasteiger partial charge in [0.1, 0.15) is 5.75 Å². The molecule has 1 aromatic rings. The lowest BCUT2D eigenvalue weighted by Gasteiger charge is -2.08. The van der Waals surface area contributed by atoms with Crippen LogP contribution >= 0.6 is 11.6 Å². The number of halogens is 4. The summed E-state index contributed by atoms with van der Waals surface area (Å²) in [7, 11) is -3.97. The molecule has 0 aliphatic carbocycles. The van der Waals surface area contributed by atoms with Crippen LogP contribution in [-0.2, 0) is 19.5 Å². The summed E-state index contributed by atoms with van der Waals surface area (Å²) in [6.07, 6.45) is -4.62. The number of carbonyl (C=O) groups is 1. The summed E-state index contributed by atoms with van der Waals surface area (Å²) in [5.41, 5.74) is 1.41. The Hall–Kier alpha value is -1.32. The summed E-state index contributed by atoms with van der Waals surface area (Å²) in [6, 6.07) is 4.99. The second-order valence-corrected chi connectivity index (χ2v) is 6.07. The molecule has 0 aromatic heterocycles. The Balaban J connectivity index is 2.58. The van der Waals surface area contributed by atoms with Crippen molar-refractivity contribution in [2.75, 3.05) is 12.4 Å². The first-order valence-electron chi connectivity index (χ1n) is 5.06. The van der Waals surface area contributed by atoms with Crippen molar-refractivity contribution >= 4 is 27.3 Å². The van der Waals surface area contributed by atoms with Crippen molar-refractivity contribution in [2.45, 2.75) is 11.1 Å². The maximum Gasteiger partial charge on any atom is 0.414 e. The highest BCUT2D eigenvalue weighted by atomic mass is 35.5. The van der Waals surface area contributed by atoms with E-state index < -0.39 is 34.3 Å². The van der Waals surface area contributed by atoms with Crippen molar-refractivity contribution < 1.29 is 31.2 Å². The van der Waals surface area contributed by atoms with Gasteiger partial charge in [-0.3, -0.25) is 9.63 Å². The number of amides is 1. The number of hydroxylamine groups is 1. The fourth-order valence-electron chi connectivity index (χ4n) is 1.13. The number of alkyl halides is 3. The van der Waals surface area contributed by atoms with E-state index in [2.05, 4.69) is 4.84 Å². The molecule has 0 aliphatic heterocycles. The molecule has 0 fully saturated rings. The number of nitrogens with one attached hydrogen (secondary N) is 1. The molecule has 0 saturated heterocycles. The second kappa shape index (κ2) is 6.42. The van der Waals surface area contributed by atoms with E-state index in [1.54, 1.807) is 0 Å². The molecule has 1 rings (SSSR count). The van der Waals surface area contributed by atoms with E-state index in [0.717, 1.165) is 0 Å². The number of carbonyl (C=O) groups excluding carboxylic acids is 1. The summed E-state index contributed by atoms with van der Waals surface area (Å²) in [5.74, 6) is -2.24. The topological polar surface area (TPSA) is 72.5 Å². The molecule has 1 aromatic carbocycles. The van der Waals surface area contributed by atoms with Gasteiger partial charge in [0.25, 0.3) is 5.91 Å². The van der Waals surface area contributed by atoms with Crippen LogP contribution in [0, 0.1) is 0 Å². The molecule has 10 heteroatoms. The van der Waals surface area contributed by atoms with Gasteiger partial charge >= 0.3 is 6.18 Å². The maximum absolute atomic E-state index is 11.7. The Morgan fingerprint density at radius 3 is 2.30 bits per heavy atom. The Labute approximate surface area is 117 Å². The van der Waals surface area contributed by atoms with E-state index in [-0.39, 0.29) is 4.90 Å². The molecule has 0 unspecified atom stereocenters. The highest BCUT2D eigenvalue weighted by molar-refractivity contribution is 7.92. The average Bonchev–Trinajstić information content (AvgIpc) is 2.26. The van der Waals surface area contributed by atoms with Crippen LogP contribution in [0.2, 0.25) is 5.02 Å². The van der Waals surface area contributed by atoms with Gasteiger partial charge in [0, 0.05) is 5.02 Å². The summed E-state index contributed by atoms with van der Waals surface area (Å²) in [6.45, 7) is -1.71. The van der Waals surface area contributed by atoms with E-state index in [4.69, 9.17) is 11.6 Å². The maximum atomic E-state index is 11.7. The van der Waals surface area contributed by atoms with Gasteiger partial charge in [-0.05, 0) is 24.3 Å². The minimum absolute atomic E-state index is 0.173. The molecule has 0 aliphatic rings. The third-order valence-corrected chi connectivity index (χ3v) is 3.80. The van der Waals surface area contributed by atoms with Crippen LogP contribution in [0.1, 0.15) is 0 Å². The van der Waals surface area contributed by atoms with Crippen molar-refractivity contribution in [3.05, 3.63) is 29.3 Å². The van der Waals surface area contributed by atoms with E-state index in [0.29, 0.717) is 5.02 Å². The predicted octanol–water partition coefficient (Wildman–Crippen LogP) is 1.72. The molecule has 0 radical (unpaired) electrons. The highest BCUT2D eigenvalue weighted by Crippen LogP contribution is 2.16. The Morgan fingerprint density at radius 1 is 1.25 bits per heavy atom. The first-order chi connectivity index (χ1) is 9.10. The zero-order chi connectivity index (χ0) is 15.4. The molecule has 0 saturated carbocycles. The van der Waals surface area contributed by atoms with Crippen molar-refractivity contribution in [1.82, 2.24) is 5.48 Å². The fraction of sp³-hybridized carbons (Fsp3) is 0.300. The number of benzene rings is 1. The minimum Gasteiger partial charge on any atom is -0.272 e. The molecule has 0 spiro atoms. The van der Waals surface area contributed by atoms with E-state index in [1.807, 2.05) is 0 Å². The number of hydrogen-bond acceptors (Lipinski definition) is 4. The Morgan fingerprint density at radius 2 is 1.80 bits per heavy atom. The number of hydrogen-bond donors (Lipinski definition) is 1. The molecular formula is C10H9ClF3NO4S. The lowest BCUT2D eigenvalue weighted by atomic mass is 10.4. The summed E-state index contributed by atoms with van der Waals surface area (Å²) < 4.78 is 58.7. The SMILES string of the molecule is O=C(CS(=O)(=O)c1ccc(Cl)cc1)NOCC(F)(F)F. The molecule has 1 amide bonds. The van der Waals surface area contributed by atoms with Crippen LogP contribution < -0.4 is 5.48 Å². The van der Waals surface area contributed by atoms with E-state index in [9.17, 15) is 26.4 Å². The number of sulfone groups is 1. The number of rotatable bonds is 5. The summed E-state index contributed by atoms with van der Waals surface area (Å²) in [4.78, 5) is 14.9. The smallest absolute Gasteiger partial charge is 0.272 e. The molecule has 1 N–H and O–H groups in total. The zero-order valence-electron chi connectivity index (χ0n) is 9.78. The second-order valence-electron chi connectivity index (χ2n) is 3.64. The van der Waals surface area contributed by atoms with Gasteiger partial charge in [-0.15, -0.1) is 0 Å². The molecule has 0 atom stereocenters. The lowest BCUT2D eigenvalue weighted by molar-refractivity contribution is -0.191. The third kappa shape index (κ3) is 5.76. The van der Waals surface area contributed by atoms with Gasteiger partial charge < -0.3 is 0 Å². The predicted molar refractivity (Wildman–Crippen MR) is 63.7 cm³/mol. The molecule has 20 heavy (non-hydrogen) atoms. The van der Waals surface area contributed by atoms with Gasteiger partial charge in [-0.2, -0.15) is 13.2 Å². The van der Waals surface area contributed by atoms with Crippen molar-refractivity contribution in [3.8, 4) is 0 Å². The van der Waals surface area contributed by atoms with Crippen LogP contribution in [0.15, 0.2) is 29.2 Å². The Kier molecular flexibility index (Phi) is 5.37. The quantitative estimate of drug-likeness (QED) is 0.834. The van der Waals surface area contributed by atoms with Crippen molar-refractivity contribution in [1.29, 1.82) is 0 Å². The normalized spacial score (nSPS) is 12.2.